The molecule has 1 aromatic rings. The Hall–Kier alpha value is -1.65. The third kappa shape index (κ3) is 2.85. The summed E-state index contributed by atoms with van der Waals surface area (Å²) in [5.74, 6) is -0.701. The van der Waals surface area contributed by atoms with Crippen molar-refractivity contribution < 1.29 is 13.6 Å². The second-order valence-corrected chi connectivity index (χ2v) is 5.22. The van der Waals surface area contributed by atoms with Gasteiger partial charge in [0.15, 0.2) is 0 Å². The van der Waals surface area contributed by atoms with Crippen LogP contribution in [0.15, 0.2) is 12.1 Å². The molecule has 0 bridgehead atoms. The Morgan fingerprint density at radius 3 is 2.37 bits per heavy atom. The molecule has 1 fully saturated rings. The third-order valence-electron chi connectivity index (χ3n) is 3.67. The van der Waals surface area contributed by atoms with Crippen molar-refractivity contribution in [2.75, 3.05) is 26.0 Å². The van der Waals surface area contributed by atoms with Gasteiger partial charge in [-0.05, 0) is 30.4 Å². The zero-order chi connectivity index (χ0) is 14.2. The molecule has 2 atom stereocenters. The van der Waals surface area contributed by atoms with Crippen LogP contribution in [0.2, 0.25) is 0 Å². The Kier molecular flexibility index (Phi) is 3.73. The number of hydrogen-bond acceptors (Lipinski definition) is 2. The summed E-state index contributed by atoms with van der Waals surface area (Å²) < 4.78 is 27.2. The van der Waals surface area contributed by atoms with Crippen LogP contribution in [0.4, 0.5) is 14.5 Å². The number of rotatable bonds is 4. The second kappa shape index (κ2) is 5.15. The van der Waals surface area contributed by atoms with Crippen molar-refractivity contribution in [2.45, 2.75) is 13.3 Å². The lowest BCUT2D eigenvalue weighted by molar-refractivity contribution is 0.0786. The van der Waals surface area contributed by atoms with Crippen molar-refractivity contribution in [1.82, 2.24) is 4.90 Å². The van der Waals surface area contributed by atoms with Crippen molar-refractivity contribution in [3.63, 3.8) is 0 Å². The van der Waals surface area contributed by atoms with Crippen LogP contribution in [-0.2, 0) is 0 Å². The molecule has 3 nitrogen and oxygen atoms in total. The molecule has 1 aliphatic carbocycles. The summed E-state index contributed by atoms with van der Waals surface area (Å²) in [4.78, 5) is 13.6. The highest BCUT2D eigenvalue weighted by atomic mass is 19.1. The van der Waals surface area contributed by atoms with Crippen molar-refractivity contribution in [3.8, 4) is 0 Å². The van der Waals surface area contributed by atoms with E-state index >= 15 is 0 Å². The number of nitrogens with zero attached hydrogens (tertiary/aromatic N) is 1. The lowest BCUT2D eigenvalue weighted by atomic mass is 10.1. The summed E-state index contributed by atoms with van der Waals surface area (Å²) >= 11 is 0. The van der Waals surface area contributed by atoms with E-state index in [1.54, 1.807) is 7.05 Å². The largest absolute Gasteiger partial charge is 0.383 e. The van der Waals surface area contributed by atoms with Crippen molar-refractivity contribution in [2.24, 2.45) is 11.8 Å². The van der Waals surface area contributed by atoms with Crippen molar-refractivity contribution in [3.05, 3.63) is 29.3 Å². The van der Waals surface area contributed by atoms with E-state index in [9.17, 15) is 13.6 Å². The van der Waals surface area contributed by atoms with E-state index in [0.717, 1.165) is 18.6 Å². The van der Waals surface area contributed by atoms with Crippen LogP contribution in [0.1, 0.15) is 23.7 Å². The monoisotopic (exact) mass is 268 g/mol. The molecule has 0 spiro atoms. The van der Waals surface area contributed by atoms with Crippen LogP contribution in [0, 0.1) is 23.5 Å². The van der Waals surface area contributed by atoms with E-state index < -0.39 is 11.6 Å². The standard InChI is InChI=1S/C14H18F2N2O/c1-8-4-10(8)7-18(3)14(19)9-5-11(15)13(17-2)12(16)6-9/h5-6,8,10,17H,4,7H2,1-3H3. The van der Waals surface area contributed by atoms with Gasteiger partial charge in [0.2, 0.25) is 0 Å². The predicted molar refractivity (Wildman–Crippen MR) is 70.1 cm³/mol. The Balaban J connectivity index is 2.14. The maximum Gasteiger partial charge on any atom is 0.253 e. The average molecular weight is 268 g/mol. The molecule has 0 heterocycles. The molecule has 1 saturated carbocycles. The first-order valence-corrected chi connectivity index (χ1v) is 6.36. The SMILES string of the molecule is CNc1c(F)cc(C(=O)N(C)CC2CC2C)cc1F. The predicted octanol–water partition coefficient (Wildman–Crippen LogP) is 2.73. The number of hydrogen-bond donors (Lipinski definition) is 1. The first kappa shape index (κ1) is 13.8. The van der Waals surface area contributed by atoms with Gasteiger partial charge in [-0.2, -0.15) is 0 Å². The summed E-state index contributed by atoms with van der Waals surface area (Å²) in [5.41, 5.74) is -0.167. The van der Waals surface area contributed by atoms with Crippen LogP contribution >= 0.6 is 0 Å². The van der Waals surface area contributed by atoms with E-state index in [4.69, 9.17) is 0 Å². The molecule has 5 heteroatoms. The molecule has 1 amide bonds. The fraction of sp³-hybridized carbons (Fsp3) is 0.500. The third-order valence-corrected chi connectivity index (χ3v) is 3.67. The fourth-order valence-corrected chi connectivity index (χ4v) is 2.24. The molecule has 1 aromatic carbocycles. The topological polar surface area (TPSA) is 32.3 Å². The molecule has 0 saturated heterocycles. The Morgan fingerprint density at radius 1 is 1.42 bits per heavy atom. The molecule has 0 aliphatic heterocycles. The maximum atomic E-state index is 13.6. The van der Waals surface area contributed by atoms with Gasteiger partial charge >= 0.3 is 0 Å². The fourth-order valence-electron chi connectivity index (χ4n) is 2.24. The van der Waals surface area contributed by atoms with Gasteiger partial charge in [-0.1, -0.05) is 6.92 Å². The van der Waals surface area contributed by atoms with E-state index in [2.05, 4.69) is 12.2 Å². The molecule has 1 N–H and O–H groups in total. The number of anilines is 1. The van der Waals surface area contributed by atoms with Crippen LogP contribution in [-0.4, -0.2) is 31.4 Å². The van der Waals surface area contributed by atoms with Gasteiger partial charge in [0.1, 0.15) is 17.3 Å². The average Bonchev–Trinajstić information content (AvgIpc) is 3.03. The van der Waals surface area contributed by atoms with E-state index in [0.29, 0.717) is 18.4 Å². The quantitative estimate of drug-likeness (QED) is 0.910. The smallest absolute Gasteiger partial charge is 0.253 e. The second-order valence-electron chi connectivity index (χ2n) is 5.22. The highest BCUT2D eigenvalue weighted by Gasteiger charge is 2.34. The molecular weight excluding hydrogens is 250 g/mol. The number of carbonyl (C=O) groups is 1. The summed E-state index contributed by atoms with van der Waals surface area (Å²) in [6.07, 6.45) is 1.11. The summed E-state index contributed by atoms with van der Waals surface area (Å²) in [5, 5.41) is 2.43. The molecule has 1 aliphatic rings. The number of benzene rings is 1. The van der Waals surface area contributed by atoms with Gasteiger partial charge < -0.3 is 10.2 Å². The number of amides is 1. The normalized spacial score (nSPS) is 21.1. The zero-order valence-corrected chi connectivity index (χ0v) is 11.3. The zero-order valence-electron chi connectivity index (χ0n) is 11.3. The number of halogens is 2. The summed E-state index contributed by atoms with van der Waals surface area (Å²) in [6.45, 7) is 2.76. The van der Waals surface area contributed by atoms with E-state index in [1.807, 2.05) is 0 Å². The Labute approximate surface area is 111 Å². The molecule has 0 aromatic heterocycles. The van der Waals surface area contributed by atoms with Gasteiger partial charge in [0, 0.05) is 26.2 Å². The maximum absolute atomic E-state index is 13.6. The number of nitrogens with one attached hydrogen (secondary N) is 1. The van der Waals surface area contributed by atoms with Crippen molar-refractivity contribution in [1.29, 1.82) is 0 Å². The van der Waals surface area contributed by atoms with Crippen LogP contribution in [0.3, 0.4) is 0 Å². The van der Waals surface area contributed by atoms with Crippen molar-refractivity contribution >= 4 is 11.6 Å². The lowest BCUT2D eigenvalue weighted by Crippen LogP contribution is -2.29. The summed E-state index contributed by atoms with van der Waals surface area (Å²) in [6, 6.07) is 2.15. The van der Waals surface area contributed by atoms with Crippen LogP contribution in [0.25, 0.3) is 0 Å². The minimum Gasteiger partial charge on any atom is -0.383 e. The summed E-state index contributed by atoms with van der Waals surface area (Å²) in [7, 11) is 3.10. The molecule has 2 rings (SSSR count). The molecule has 19 heavy (non-hydrogen) atoms. The van der Waals surface area contributed by atoms with Crippen LogP contribution < -0.4 is 5.32 Å². The molecule has 0 radical (unpaired) electrons. The molecule has 2 unspecified atom stereocenters. The Morgan fingerprint density at radius 2 is 1.95 bits per heavy atom. The number of carbonyl (C=O) groups excluding carboxylic acids is 1. The highest BCUT2D eigenvalue weighted by Crippen LogP contribution is 2.38. The highest BCUT2D eigenvalue weighted by molar-refractivity contribution is 5.94. The minimum absolute atomic E-state index is 0.0461. The van der Waals surface area contributed by atoms with Gasteiger partial charge in [-0.15, -0.1) is 0 Å². The van der Waals surface area contributed by atoms with E-state index in [1.165, 1.54) is 11.9 Å². The van der Waals surface area contributed by atoms with Gasteiger partial charge in [0.05, 0.1) is 0 Å². The molecule has 104 valence electrons. The van der Waals surface area contributed by atoms with Gasteiger partial charge in [-0.25, -0.2) is 8.78 Å². The van der Waals surface area contributed by atoms with E-state index in [-0.39, 0.29) is 17.2 Å². The van der Waals surface area contributed by atoms with Gasteiger partial charge in [0.25, 0.3) is 5.91 Å². The Bertz CT molecular complexity index is 481. The van der Waals surface area contributed by atoms with Gasteiger partial charge in [-0.3, -0.25) is 4.79 Å². The first-order chi connectivity index (χ1) is 8.93. The van der Waals surface area contributed by atoms with Crippen LogP contribution in [0.5, 0.6) is 0 Å². The molecular formula is C14H18F2N2O. The lowest BCUT2D eigenvalue weighted by Gasteiger charge is -2.17. The minimum atomic E-state index is -0.751. The first-order valence-electron chi connectivity index (χ1n) is 6.36.